The van der Waals surface area contributed by atoms with E-state index < -0.39 is 10.5 Å². The number of hydrogen-bond donors (Lipinski definition) is 0. The van der Waals surface area contributed by atoms with Crippen molar-refractivity contribution in [2.24, 2.45) is 7.05 Å². The van der Waals surface area contributed by atoms with Crippen molar-refractivity contribution in [1.29, 1.82) is 0 Å². The molecule has 0 saturated carbocycles. The van der Waals surface area contributed by atoms with Gasteiger partial charge in [-0.3, -0.25) is 14.8 Å². The zero-order valence-corrected chi connectivity index (χ0v) is 18.6. The van der Waals surface area contributed by atoms with Crippen molar-refractivity contribution in [3.63, 3.8) is 0 Å². The Labute approximate surface area is 181 Å². The Morgan fingerprint density at radius 3 is 2.42 bits per heavy atom. The highest BCUT2D eigenvalue weighted by Crippen LogP contribution is 2.40. The Morgan fingerprint density at radius 1 is 1.23 bits per heavy atom. The lowest BCUT2D eigenvalue weighted by Gasteiger charge is -2.37. The van der Waals surface area contributed by atoms with E-state index in [0.717, 1.165) is 11.3 Å². The highest BCUT2D eigenvalue weighted by molar-refractivity contribution is 5.83. The lowest BCUT2D eigenvalue weighted by atomic mass is 10.0. The van der Waals surface area contributed by atoms with E-state index in [1.54, 1.807) is 35.8 Å². The van der Waals surface area contributed by atoms with Crippen LogP contribution in [0.15, 0.2) is 24.5 Å². The predicted octanol–water partition coefficient (Wildman–Crippen LogP) is 3.45. The first-order chi connectivity index (χ1) is 14.6. The number of nitro groups is 1. The van der Waals surface area contributed by atoms with Gasteiger partial charge in [-0.25, -0.2) is 4.79 Å². The Hall–Kier alpha value is -3.30. The van der Waals surface area contributed by atoms with E-state index in [2.05, 4.69) is 10.00 Å². The number of hydrogen-bond acceptors (Lipinski definition) is 7. The molecule has 3 rings (SSSR count). The van der Waals surface area contributed by atoms with Gasteiger partial charge in [0.1, 0.15) is 5.60 Å². The number of amides is 1. The second-order valence-corrected chi connectivity index (χ2v) is 8.38. The smallest absolute Gasteiger partial charge is 0.410 e. The van der Waals surface area contributed by atoms with Gasteiger partial charge in [0.15, 0.2) is 5.75 Å². The number of aryl methyl sites for hydroxylation is 1. The van der Waals surface area contributed by atoms with Crippen LogP contribution in [0.25, 0.3) is 11.1 Å². The zero-order chi connectivity index (χ0) is 22.8. The van der Waals surface area contributed by atoms with Crippen molar-refractivity contribution in [3.05, 3.63) is 34.6 Å². The van der Waals surface area contributed by atoms with Gasteiger partial charge in [0, 0.05) is 68.4 Å². The molecule has 168 valence electrons. The van der Waals surface area contributed by atoms with E-state index in [-0.39, 0.29) is 17.5 Å². The molecular formula is C21H29N5O5. The lowest BCUT2D eigenvalue weighted by molar-refractivity contribution is -0.385. The second kappa shape index (κ2) is 8.83. The third-order valence-electron chi connectivity index (χ3n) is 4.86. The molecule has 1 fully saturated rings. The molecule has 1 aliphatic heterocycles. The van der Waals surface area contributed by atoms with Crippen LogP contribution in [-0.4, -0.2) is 64.1 Å². The monoisotopic (exact) mass is 431 g/mol. The van der Waals surface area contributed by atoms with Gasteiger partial charge < -0.3 is 19.3 Å². The third-order valence-corrected chi connectivity index (χ3v) is 4.86. The number of ether oxygens (including phenoxy) is 2. The fraction of sp³-hybridized carbons (Fsp3) is 0.524. The summed E-state index contributed by atoms with van der Waals surface area (Å²) in [4.78, 5) is 27.4. The van der Waals surface area contributed by atoms with Crippen molar-refractivity contribution in [1.82, 2.24) is 14.7 Å². The highest BCUT2D eigenvalue weighted by atomic mass is 16.6. The number of carbonyl (C=O) groups excluding carboxylic acids is 1. The summed E-state index contributed by atoms with van der Waals surface area (Å²) in [5, 5.41) is 15.8. The Bertz CT molecular complexity index is 958. The molecule has 0 N–H and O–H groups in total. The Kier molecular flexibility index (Phi) is 6.37. The maximum absolute atomic E-state index is 12.4. The van der Waals surface area contributed by atoms with E-state index in [4.69, 9.17) is 9.47 Å². The van der Waals surface area contributed by atoms with Gasteiger partial charge in [0.05, 0.1) is 17.7 Å². The summed E-state index contributed by atoms with van der Waals surface area (Å²) < 4.78 is 12.7. The molecule has 1 aromatic heterocycles. The number of anilines is 1. The molecular weight excluding hydrogens is 402 g/mol. The summed E-state index contributed by atoms with van der Waals surface area (Å²) >= 11 is 0. The van der Waals surface area contributed by atoms with Crippen LogP contribution in [0.2, 0.25) is 0 Å². The first-order valence-corrected chi connectivity index (χ1v) is 10.3. The van der Waals surface area contributed by atoms with Crippen molar-refractivity contribution >= 4 is 17.5 Å². The first-order valence-electron chi connectivity index (χ1n) is 10.3. The van der Waals surface area contributed by atoms with Crippen LogP contribution in [-0.2, 0) is 11.8 Å². The number of rotatable bonds is 5. The molecule has 1 aromatic carbocycles. The summed E-state index contributed by atoms with van der Waals surface area (Å²) in [6, 6.07) is 3.25. The molecule has 1 aliphatic rings. The molecule has 1 saturated heterocycles. The fourth-order valence-electron chi connectivity index (χ4n) is 3.48. The van der Waals surface area contributed by atoms with Gasteiger partial charge in [-0.15, -0.1) is 0 Å². The van der Waals surface area contributed by atoms with E-state index in [1.165, 1.54) is 6.07 Å². The third kappa shape index (κ3) is 5.25. The topological polar surface area (TPSA) is 103 Å². The number of nitro benzene ring substituents is 1. The number of aromatic nitrogens is 2. The minimum Gasteiger partial charge on any atom is -0.487 e. The summed E-state index contributed by atoms with van der Waals surface area (Å²) in [7, 11) is 1.80. The van der Waals surface area contributed by atoms with Gasteiger partial charge in [0.25, 0.3) is 0 Å². The van der Waals surface area contributed by atoms with Crippen molar-refractivity contribution in [3.8, 4) is 16.9 Å². The molecule has 2 heterocycles. The van der Waals surface area contributed by atoms with E-state index in [9.17, 15) is 14.9 Å². The largest absolute Gasteiger partial charge is 0.487 e. The highest BCUT2D eigenvalue weighted by Gasteiger charge is 2.29. The van der Waals surface area contributed by atoms with Crippen molar-refractivity contribution < 1.29 is 19.2 Å². The summed E-state index contributed by atoms with van der Waals surface area (Å²) in [6.07, 6.45) is 3.16. The van der Waals surface area contributed by atoms with Gasteiger partial charge in [0.2, 0.25) is 0 Å². The molecule has 0 radical (unpaired) electrons. The van der Waals surface area contributed by atoms with Crippen LogP contribution >= 0.6 is 0 Å². The maximum Gasteiger partial charge on any atom is 0.410 e. The van der Waals surface area contributed by atoms with E-state index >= 15 is 0 Å². The molecule has 0 atom stereocenters. The van der Waals surface area contributed by atoms with Gasteiger partial charge in [-0.05, 0) is 27.7 Å². The molecule has 10 heteroatoms. The van der Waals surface area contributed by atoms with Crippen molar-refractivity contribution in [2.75, 3.05) is 37.7 Å². The molecule has 1 amide bonds. The van der Waals surface area contributed by atoms with Crippen LogP contribution in [0, 0.1) is 10.1 Å². The minimum atomic E-state index is -0.549. The average Bonchev–Trinajstić information content (AvgIpc) is 3.12. The van der Waals surface area contributed by atoms with Crippen LogP contribution < -0.4 is 9.64 Å². The summed E-state index contributed by atoms with van der Waals surface area (Å²) in [5.41, 5.74) is 1.65. The molecule has 10 nitrogen and oxygen atoms in total. The van der Waals surface area contributed by atoms with Gasteiger partial charge >= 0.3 is 11.8 Å². The molecule has 0 unspecified atom stereocenters. The lowest BCUT2D eigenvalue weighted by Crippen LogP contribution is -2.50. The Balaban J connectivity index is 1.92. The van der Waals surface area contributed by atoms with E-state index in [0.29, 0.717) is 38.3 Å². The molecule has 2 aromatic rings. The van der Waals surface area contributed by atoms with Crippen LogP contribution in [0.1, 0.15) is 27.7 Å². The summed E-state index contributed by atoms with van der Waals surface area (Å²) in [6.45, 7) is 9.74. The maximum atomic E-state index is 12.4. The number of benzene rings is 1. The van der Waals surface area contributed by atoms with E-state index in [1.807, 2.05) is 27.0 Å². The summed E-state index contributed by atoms with van der Waals surface area (Å²) in [5.74, 6) is 0.227. The van der Waals surface area contributed by atoms with Gasteiger partial charge in [-0.2, -0.15) is 5.10 Å². The molecule has 0 aliphatic carbocycles. The number of carbonyl (C=O) groups is 1. The molecule has 0 bridgehead atoms. The Morgan fingerprint density at radius 2 is 1.90 bits per heavy atom. The van der Waals surface area contributed by atoms with Crippen LogP contribution in [0.5, 0.6) is 5.75 Å². The van der Waals surface area contributed by atoms with Gasteiger partial charge in [-0.1, -0.05) is 0 Å². The quantitative estimate of drug-likeness (QED) is 0.528. The number of piperazine rings is 1. The van der Waals surface area contributed by atoms with Crippen LogP contribution in [0.4, 0.5) is 16.2 Å². The predicted molar refractivity (Wildman–Crippen MR) is 116 cm³/mol. The molecule has 31 heavy (non-hydrogen) atoms. The zero-order valence-electron chi connectivity index (χ0n) is 18.6. The second-order valence-electron chi connectivity index (χ2n) is 8.38. The minimum absolute atomic E-state index is 0.0863. The first kappa shape index (κ1) is 22.4. The fourth-order valence-corrected chi connectivity index (χ4v) is 3.48. The van der Waals surface area contributed by atoms with Crippen LogP contribution in [0.3, 0.4) is 0 Å². The SMILES string of the molecule is CCOc1cc(N2CCN(C(=O)OC(C)(C)C)CC2)c(-c2cnn(C)c2)cc1[N+](=O)[O-]. The average molecular weight is 431 g/mol. The number of nitrogens with zero attached hydrogens (tertiary/aromatic N) is 5. The molecule has 0 spiro atoms. The standard InChI is InChI=1S/C21H29N5O5/c1-6-30-19-12-17(16(11-18(19)26(28)29)15-13-22-23(5)14-15)24-7-9-25(10-8-24)20(27)31-21(2,3)4/h11-14H,6-10H2,1-5H3. The normalized spacial score (nSPS) is 14.5. The van der Waals surface area contributed by atoms with Crippen molar-refractivity contribution in [2.45, 2.75) is 33.3 Å².